The Bertz CT molecular complexity index is 480. The van der Waals surface area contributed by atoms with Crippen molar-refractivity contribution in [3.8, 4) is 0 Å². The van der Waals surface area contributed by atoms with E-state index in [1.165, 1.54) is 19.3 Å². The zero-order valence-corrected chi connectivity index (χ0v) is 12.2. The predicted molar refractivity (Wildman–Crippen MR) is 76.3 cm³/mol. The summed E-state index contributed by atoms with van der Waals surface area (Å²) in [4.78, 5) is 12.1. The molecule has 0 aliphatic heterocycles. The molecule has 1 aromatic carbocycles. The number of hydrogen-bond acceptors (Lipinski definition) is 3. The number of hydrogen-bond donors (Lipinski definition) is 0. The van der Waals surface area contributed by atoms with Crippen LogP contribution in [0, 0.1) is 22.0 Å². The second-order valence-corrected chi connectivity index (χ2v) is 7.36. The van der Waals surface area contributed by atoms with Gasteiger partial charge in [0.2, 0.25) is 0 Å². The molecular weight excluding hydrogens is 314 g/mol. The van der Waals surface area contributed by atoms with E-state index in [1.807, 2.05) is 12.1 Å². The van der Waals surface area contributed by atoms with Gasteiger partial charge in [0, 0.05) is 16.1 Å². The number of nitro benzene ring substituents is 1. The van der Waals surface area contributed by atoms with E-state index < -0.39 is 0 Å². The van der Waals surface area contributed by atoms with E-state index in [0.29, 0.717) is 10.1 Å². The van der Waals surface area contributed by atoms with Gasteiger partial charge < -0.3 is 0 Å². The van der Waals surface area contributed by atoms with Crippen LogP contribution in [0.25, 0.3) is 0 Å². The lowest BCUT2D eigenvalue weighted by Gasteiger charge is -2.26. The second kappa shape index (κ2) is 4.85. The Kier molecular flexibility index (Phi) is 3.36. The third kappa shape index (κ3) is 2.07. The van der Waals surface area contributed by atoms with Gasteiger partial charge in [-0.05, 0) is 37.2 Å². The number of thioether (sulfide) groups is 1. The molecule has 1 aromatic rings. The second-order valence-electron chi connectivity index (χ2n) is 5.08. The summed E-state index contributed by atoms with van der Waals surface area (Å²) in [7, 11) is 0. The highest BCUT2D eigenvalue weighted by atomic mass is 79.9. The zero-order valence-electron chi connectivity index (χ0n) is 9.79. The van der Waals surface area contributed by atoms with Gasteiger partial charge in [0.1, 0.15) is 0 Å². The summed E-state index contributed by atoms with van der Waals surface area (Å²) in [6.07, 6.45) is 3.88. The molecule has 0 saturated heterocycles. The molecule has 0 amide bonds. The van der Waals surface area contributed by atoms with Crippen molar-refractivity contribution in [1.29, 1.82) is 0 Å². The summed E-state index contributed by atoms with van der Waals surface area (Å²) in [5.74, 6) is 1.50. The van der Waals surface area contributed by atoms with Crippen LogP contribution in [0.3, 0.4) is 0 Å². The van der Waals surface area contributed by atoms with Gasteiger partial charge in [-0.1, -0.05) is 28.1 Å². The Morgan fingerprint density at radius 3 is 2.67 bits per heavy atom. The third-order valence-electron chi connectivity index (χ3n) is 4.07. The topological polar surface area (TPSA) is 43.1 Å². The van der Waals surface area contributed by atoms with Crippen molar-refractivity contribution in [3.05, 3.63) is 34.4 Å². The molecule has 96 valence electrons. The number of para-hydroxylation sites is 1. The highest BCUT2D eigenvalue weighted by Crippen LogP contribution is 2.54. The minimum absolute atomic E-state index is 0.241. The average Bonchev–Trinajstić information content (AvgIpc) is 2.93. The fourth-order valence-electron chi connectivity index (χ4n) is 3.18. The van der Waals surface area contributed by atoms with Gasteiger partial charge in [0.05, 0.1) is 9.82 Å². The Hall–Kier alpha value is -0.550. The number of rotatable bonds is 3. The maximum atomic E-state index is 11.0. The summed E-state index contributed by atoms with van der Waals surface area (Å²) in [5, 5.41) is 11.5. The van der Waals surface area contributed by atoms with Crippen LogP contribution in [0.2, 0.25) is 0 Å². The van der Waals surface area contributed by atoms with E-state index in [4.69, 9.17) is 0 Å². The summed E-state index contributed by atoms with van der Waals surface area (Å²) >= 11 is 5.48. The van der Waals surface area contributed by atoms with E-state index >= 15 is 0 Å². The quantitative estimate of drug-likeness (QED) is 0.473. The lowest BCUT2D eigenvalue weighted by atomic mass is 10.0. The SMILES string of the molecule is O=[N+]([O-])c1ccccc1SC1C2CCC(C2)[C@@H]1Br. The molecule has 3 rings (SSSR count). The van der Waals surface area contributed by atoms with Gasteiger partial charge in [-0.3, -0.25) is 10.1 Å². The van der Waals surface area contributed by atoms with Crippen LogP contribution in [-0.4, -0.2) is 15.0 Å². The fourth-order valence-corrected chi connectivity index (χ4v) is 5.93. The summed E-state index contributed by atoms with van der Waals surface area (Å²) < 4.78 is 0. The first kappa shape index (κ1) is 12.5. The molecule has 2 bridgehead atoms. The van der Waals surface area contributed by atoms with Crippen LogP contribution < -0.4 is 0 Å². The smallest absolute Gasteiger partial charge is 0.258 e. The van der Waals surface area contributed by atoms with Crippen LogP contribution in [0.5, 0.6) is 0 Å². The number of benzene rings is 1. The average molecular weight is 328 g/mol. The molecule has 2 aliphatic carbocycles. The molecular formula is C13H14BrNO2S. The molecule has 0 N–H and O–H groups in total. The van der Waals surface area contributed by atoms with Gasteiger partial charge >= 0.3 is 0 Å². The molecule has 0 spiro atoms. The van der Waals surface area contributed by atoms with Crippen LogP contribution in [0.4, 0.5) is 5.69 Å². The highest BCUT2D eigenvalue weighted by Gasteiger charge is 2.47. The maximum Gasteiger partial charge on any atom is 0.282 e. The molecule has 4 atom stereocenters. The normalized spacial score (nSPS) is 33.8. The Balaban J connectivity index is 1.83. The number of halogens is 1. The van der Waals surface area contributed by atoms with Crippen molar-refractivity contribution in [2.75, 3.05) is 0 Å². The van der Waals surface area contributed by atoms with E-state index in [-0.39, 0.29) is 10.6 Å². The van der Waals surface area contributed by atoms with Crippen molar-refractivity contribution >= 4 is 33.4 Å². The molecule has 0 radical (unpaired) electrons. The van der Waals surface area contributed by atoms with Gasteiger partial charge in [0.15, 0.2) is 0 Å². The summed E-state index contributed by atoms with van der Waals surface area (Å²) in [5.41, 5.74) is 0.241. The largest absolute Gasteiger partial charge is 0.282 e. The minimum atomic E-state index is -0.279. The fraction of sp³-hybridized carbons (Fsp3) is 0.538. The van der Waals surface area contributed by atoms with Crippen molar-refractivity contribution in [1.82, 2.24) is 0 Å². The monoisotopic (exact) mass is 327 g/mol. The van der Waals surface area contributed by atoms with Crippen LogP contribution in [0.15, 0.2) is 29.2 Å². The predicted octanol–water partition coefficient (Wildman–Crippen LogP) is 4.25. The number of nitro groups is 1. The molecule has 2 saturated carbocycles. The van der Waals surface area contributed by atoms with Gasteiger partial charge in [-0.15, -0.1) is 11.8 Å². The van der Waals surface area contributed by atoms with Crippen LogP contribution in [-0.2, 0) is 0 Å². The third-order valence-corrected chi connectivity index (χ3v) is 7.28. The van der Waals surface area contributed by atoms with E-state index in [2.05, 4.69) is 15.9 Å². The lowest BCUT2D eigenvalue weighted by Crippen LogP contribution is -2.24. The van der Waals surface area contributed by atoms with Crippen molar-refractivity contribution in [2.24, 2.45) is 11.8 Å². The Morgan fingerprint density at radius 2 is 2.00 bits per heavy atom. The van der Waals surface area contributed by atoms with Gasteiger partial charge in [-0.25, -0.2) is 0 Å². The molecule has 2 fully saturated rings. The number of nitrogens with zero attached hydrogens (tertiary/aromatic N) is 1. The zero-order chi connectivity index (χ0) is 12.7. The van der Waals surface area contributed by atoms with Crippen LogP contribution >= 0.6 is 27.7 Å². The van der Waals surface area contributed by atoms with Crippen LogP contribution in [0.1, 0.15) is 19.3 Å². The molecule has 3 unspecified atom stereocenters. The van der Waals surface area contributed by atoms with Gasteiger partial charge in [-0.2, -0.15) is 0 Å². The number of fused-ring (bicyclic) bond motifs is 2. The van der Waals surface area contributed by atoms with E-state index in [9.17, 15) is 10.1 Å². The first-order chi connectivity index (χ1) is 8.66. The molecule has 5 heteroatoms. The van der Waals surface area contributed by atoms with E-state index in [0.717, 1.165) is 16.7 Å². The van der Waals surface area contributed by atoms with Crippen molar-refractivity contribution in [3.63, 3.8) is 0 Å². The number of alkyl halides is 1. The lowest BCUT2D eigenvalue weighted by molar-refractivity contribution is -0.387. The highest BCUT2D eigenvalue weighted by molar-refractivity contribution is 9.09. The van der Waals surface area contributed by atoms with Crippen molar-refractivity contribution < 1.29 is 4.92 Å². The Labute approximate surface area is 119 Å². The van der Waals surface area contributed by atoms with Crippen molar-refractivity contribution in [2.45, 2.75) is 34.2 Å². The first-order valence-corrected chi connectivity index (χ1v) is 8.00. The van der Waals surface area contributed by atoms with E-state index in [1.54, 1.807) is 23.9 Å². The molecule has 0 aromatic heterocycles. The molecule has 0 heterocycles. The summed E-state index contributed by atoms with van der Waals surface area (Å²) in [6.45, 7) is 0. The molecule has 3 nitrogen and oxygen atoms in total. The minimum Gasteiger partial charge on any atom is -0.258 e. The molecule has 2 aliphatic rings. The maximum absolute atomic E-state index is 11.0. The Morgan fingerprint density at radius 1 is 1.28 bits per heavy atom. The summed E-state index contributed by atoms with van der Waals surface area (Å²) in [6, 6.07) is 7.08. The standard InChI is InChI=1S/C13H14BrNO2S/c14-12-8-5-6-9(7-8)13(12)18-11-4-2-1-3-10(11)15(16)17/h1-4,8-9,12-13H,5-7H2/t8?,9?,12-,13?/m0/s1. The molecule has 18 heavy (non-hydrogen) atoms. The van der Waals surface area contributed by atoms with Gasteiger partial charge in [0.25, 0.3) is 5.69 Å². The first-order valence-electron chi connectivity index (χ1n) is 6.21.